The molecule has 1 aliphatic rings. The second-order valence-electron chi connectivity index (χ2n) is 7.10. The number of rotatable bonds is 6. The third-order valence-corrected chi connectivity index (χ3v) is 4.96. The minimum Gasteiger partial charge on any atom is -0.383 e. The van der Waals surface area contributed by atoms with Gasteiger partial charge in [-0.3, -0.25) is 9.59 Å². The van der Waals surface area contributed by atoms with Crippen LogP contribution in [0.2, 0.25) is 0 Å². The van der Waals surface area contributed by atoms with Crippen molar-refractivity contribution >= 4 is 23.6 Å². The quantitative estimate of drug-likeness (QED) is 0.621. The van der Waals surface area contributed by atoms with Crippen molar-refractivity contribution in [2.24, 2.45) is 0 Å². The van der Waals surface area contributed by atoms with E-state index in [9.17, 15) is 9.59 Å². The molecule has 1 fully saturated rings. The number of anilines is 1. The van der Waals surface area contributed by atoms with Gasteiger partial charge in [-0.2, -0.15) is 10.4 Å². The van der Waals surface area contributed by atoms with Gasteiger partial charge in [-0.25, -0.2) is 4.68 Å². The average molecular weight is 397 g/mol. The Hall–Kier alpha value is -4.18. The van der Waals surface area contributed by atoms with E-state index in [0.29, 0.717) is 22.4 Å². The van der Waals surface area contributed by atoms with Gasteiger partial charge in [-0.1, -0.05) is 30.9 Å². The summed E-state index contributed by atoms with van der Waals surface area (Å²) in [6.45, 7) is 3.81. The first-order valence-corrected chi connectivity index (χ1v) is 9.48. The van der Waals surface area contributed by atoms with Crippen molar-refractivity contribution in [1.29, 1.82) is 5.26 Å². The molecule has 0 saturated heterocycles. The smallest absolute Gasteiger partial charge is 0.251 e. The van der Waals surface area contributed by atoms with Crippen molar-refractivity contribution in [3.8, 4) is 11.8 Å². The maximum Gasteiger partial charge on any atom is 0.251 e. The molecule has 1 heterocycles. The molecule has 0 radical (unpaired) electrons. The van der Waals surface area contributed by atoms with Crippen LogP contribution in [0.25, 0.3) is 11.8 Å². The summed E-state index contributed by atoms with van der Waals surface area (Å²) in [5.41, 5.74) is 8.96. The number of amides is 1. The van der Waals surface area contributed by atoms with E-state index in [1.54, 1.807) is 42.5 Å². The van der Waals surface area contributed by atoms with Gasteiger partial charge in [0.25, 0.3) is 5.91 Å². The molecule has 0 aliphatic heterocycles. The van der Waals surface area contributed by atoms with Crippen LogP contribution in [0, 0.1) is 11.3 Å². The van der Waals surface area contributed by atoms with E-state index < -0.39 is 0 Å². The van der Waals surface area contributed by atoms with Crippen LogP contribution >= 0.6 is 0 Å². The second-order valence-corrected chi connectivity index (χ2v) is 7.10. The zero-order valence-corrected chi connectivity index (χ0v) is 16.1. The van der Waals surface area contributed by atoms with Gasteiger partial charge >= 0.3 is 0 Å². The van der Waals surface area contributed by atoms with Gasteiger partial charge in [-0.15, -0.1) is 0 Å². The normalized spacial score (nSPS) is 12.8. The maximum atomic E-state index is 12.9. The van der Waals surface area contributed by atoms with Gasteiger partial charge in [0.1, 0.15) is 5.82 Å². The fraction of sp³-hybridized carbons (Fsp3) is 0.130. The van der Waals surface area contributed by atoms with Gasteiger partial charge in [0, 0.05) is 17.2 Å². The third kappa shape index (κ3) is 3.59. The van der Waals surface area contributed by atoms with Crippen LogP contribution in [0.1, 0.15) is 50.2 Å². The lowest BCUT2D eigenvalue weighted by Gasteiger charge is -2.11. The Morgan fingerprint density at radius 3 is 2.73 bits per heavy atom. The van der Waals surface area contributed by atoms with E-state index in [-0.39, 0.29) is 29.1 Å². The zero-order valence-electron chi connectivity index (χ0n) is 16.1. The molecule has 1 amide bonds. The lowest BCUT2D eigenvalue weighted by atomic mass is 10.0. The molecule has 0 bridgehead atoms. The Balaban J connectivity index is 1.72. The van der Waals surface area contributed by atoms with Crippen molar-refractivity contribution < 1.29 is 9.59 Å². The van der Waals surface area contributed by atoms with Crippen LogP contribution < -0.4 is 11.1 Å². The number of benzene rings is 2. The molecule has 30 heavy (non-hydrogen) atoms. The Bertz CT molecular complexity index is 1210. The SMILES string of the molecule is C=Cc1ccc(C(=O)NC2CC2)cc1-n1ncc(C(=O)c2cccc(C#N)c2)c1N. The fourth-order valence-corrected chi connectivity index (χ4v) is 3.15. The topological polar surface area (TPSA) is 114 Å². The number of nitrogen functional groups attached to an aromatic ring is 1. The number of carbonyl (C=O) groups is 2. The molecule has 4 rings (SSSR count). The number of carbonyl (C=O) groups excluding carboxylic acids is 2. The zero-order chi connectivity index (χ0) is 21.3. The monoisotopic (exact) mass is 397 g/mol. The van der Waals surface area contributed by atoms with Crippen LogP contribution in [-0.4, -0.2) is 27.5 Å². The Labute approximate surface area is 173 Å². The first-order valence-electron chi connectivity index (χ1n) is 9.48. The first-order chi connectivity index (χ1) is 14.5. The molecule has 1 aliphatic carbocycles. The van der Waals surface area contributed by atoms with E-state index in [4.69, 9.17) is 11.0 Å². The summed E-state index contributed by atoms with van der Waals surface area (Å²) >= 11 is 0. The Kier molecular flexibility index (Phi) is 4.90. The number of hydrogen-bond donors (Lipinski definition) is 2. The number of nitriles is 1. The first kappa shape index (κ1) is 19.2. The lowest BCUT2D eigenvalue weighted by molar-refractivity contribution is 0.0950. The summed E-state index contributed by atoms with van der Waals surface area (Å²) < 4.78 is 1.42. The number of ketones is 1. The minimum atomic E-state index is -0.335. The van der Waals surface area contributed by atoms with E-state index in [2.05, 4.69) is 17.0 Å². The molecule has 148 valence electrons. The van der Waals surface area contributed by atoms with Crippen LogP contribution in [0.5, 0.6) is 0 Å². The van der Waals surface area contributed by atoms with Crippen molar-refractivity contribution in [1.82, 2.24) is 15.1 Å². The van der Waals surface area contributed by atoms with Crippen LogP contribution in [0.3, 0.4) is 0 Å². The Morgan fingerprint density at radius 1 is 1.23 bits per heavy atom. The van der Waals surface area contributed by atoms with E-state index >= 15 is 0 Å². The highest BCUT2D eigenvalue weighted by Crippen LogP contribution is 2.25. The molecular formula is C23H19N5O2. The van der Waals surface area contributed by atoms with Crippen molar-refractivity contribution in [2.45, 2.75) is 18.9 Å². The highest BCUT2D eigenvalue weighted by atomic mass is 16.1. The molecule has 2 aromatic carbocycles. The summed E-state index contributed by atoms with van der Waals surface area (Å²) in [7, 11) is 0. The number of hydrogen-bond acceptors (Lipinski definition) is 5. The van der Waals surface area contributed by atoms with Gasteiger partial charge in [0.15, 0.2) is 5.78 Å². The lowest BCUT2D eigenvalue weighted by Crippen LogP contribution is -2.25. The van der Waals surface area contributed by atoms with E-state index in [0.717, 1.165) is 18.4 Å². The highest BCUT2D eigenvalue weighted by Gasteiger charge is 2.25. The van der Waals surface area contributed by atoms with Crippen LogP contribution in [-0.2, 0) is 0 Å². The average Bonchev–Trinajstić information content (AvgIpc) is 3.51. The van der Waals surface area contributed by atoms with Gasteiger partial charge < -0.3 is 11.1 Å². The number of nitrogens with zero attached hydrogens (tertiary/aromatic N) is 3. The summed E-state index contributed by atoms with van der Waals surface area (Å²) in [4.78, 5) is 25.4. The molecule has 7 nitrogen and oxygen atoms in total. The number of nitrogens with one attached hydrogen (secondary N) is 1. The van der Waals surface area contributed by atoms with Crippen LogP contribution in [0.4, 0.5) is 5.82 Å². The summed E-state index contributed by atoms with van der Waals surface area (Å²) in [6.07, 6.45) is 5.01. The predicted molar refractivity (Wildman–Crippen MR) is 113 cm³/mol. The van der Waals surface area contributed by atoms with Gasteiger partial charge in [0.2, 0.25) is 0 Å². The molecule has 3 N–H and O–H groups in total. The number of aromatic nitrogens is 2. The van der Waals surface area contributed by atoms with Crippen molar-refractivity contribution in [3.05, 3.63) is 83.1 Å². The Morgan fingerprint density at radius 2 is 2.03 bits per heavy atom. The molecular weight excluding hydrogens is 378 g/mol. The molecule has 0 atom stereocenters. The standard InChI is InChI=1S/C23H19N5O2/c1-2-15-6-7-17(23(30)27-18-8-9-18)11-20(15)28-22(25)19(13-26-28)21(29)16-5-3-4-14(10-16)12-24/h2-7,10-11,13,18H,1,8-9,25H2,(H,27,30). The summed E-state index contributed by atoms with van der Waals surface area (Å²) in [5, 5.41) is 16.3. The third-order valence-electron chi connectivity index (χ3n) is 4.96. The summed E-state index contributed by atoms with van der Waals surface area (Å²) in [6, 6.07) is 13.8. The minimum absolute atomic E-state index is 0.144. The summed E-state index contributed by atoms with van der Waals surface area (Å²) in [5.74, 6) is -0.353. The predicted octanol–water partition coefficient (Wildman–Crippen LogP) is 3.09. The van der Waals surface area contributed by atoms with Gasteiger partial charge in [-0.05, 0) is 42.7 Å². The largest absolute Gasteiger partial charge is 0.383 e. The maximum absolute atomic E-state index is 12.9. The fourth-order valence-electron chi connectivity index (χ4n) is 3.15. The molecule has 7 heteroatoms. The van der Waals surface area contributed by atoms with Crippen LogP contribution in [0.15, 0.2) is 55.2 Å². The van der Waals surface area contributed by atoms with E-state index in [1.807, 2.05) is 6.07 Å². The van der Waals surface area contributed by atoms with Crippen molar-refractivity contribution in [2.75, 3.05) is 5.73 Å². The number of nitrogens with two attached hydrogens (primary N) is 1. The molecule has 0 spiro atoms. The molecule has 3 aromatic rings. The molecule has 1 saturated carbocycles. The van der Waals surface area contributed by atoms with Crippen molar-refractivity contribution in [3.63, 3.8) is 0 Å². The van der Waals surface area contributed by atoms with E-state index in [1.165, 1.54) is 16.9 Å². The highest BCUT2D eigenvalue weighted by molar-refractivity contribution is 6.11. The molecule has 1 aromatic heterocycles. The second kappa shape index (κ2) is 7.68. The van der Waals surface area contributed by atoms with Gasteiger partial charge in [0.05, 0.1) is 29.1 Å². The molecule has 0 unspecified atom stereocenters.